The zero-order chi connectivity index (χ0) is 21.6. The third kappa shape index (κ3) is 7.13. The van der Waals surface area contributed by atoms with Crippen LogP contribution in [-0.4, -0.2) is 47.7 Å². The highest BCUT2D eigenvalue weighted by Gasteiger charge is 2.30. The number of fused-ring (bicyclic) bond motifs is 1. The molecule has 0 spiro atoms. The molecule has 0 saturated heterocycles. The first kappa shape index (κ1) is 22.8. The minimum Gasteiger partial charge on any atom is -0.460 e. The molecule has 2 heterocycles. The second kappa shape index (κ2) is 10.4. The van der Waals surface area contributed by atoms with Crippen molar-refractivity contribution in [3.63, 3.8) is 0 Å². The second-order valence-corrected chi connectivity index (χ2v) is 9.06. The molecule has 0 aromatic carbocycles. The number of amides is 1. The summed E-state index contributed by atoms with van der Waals surface area (Å²) in [4.78, 5) is 19.3. The fourth-order valence-electron chi connectivity index (χ4n) is 4.06. The highest BCUT2D eigenvalue weighted by Crippen LogP contribution is 2.32. The maximum absolute atomic E-state index is 12.3. The number of thiazole rings is 1. The zero-order valence-electron chi connectivity index (χ0n) is 16.8. The molecule has 1 aromatic rings. The van der Waals surface area contributed by atoms with Crippen LogP contribution in [0.3, 0.4) is 0 Å². The van der Waals surface area contributed by atoms with E-state index in [9.17, 15) is 18.0 Å². The third-order valence-electron chi connectivity index (χ3n) is 5.68. The Labute approximate surface area is 178 Å². The number of alkyl halides is 3. The summed E-state index contributed by atoms with van der Waals surface area (Å²) in [5, 5.41) is 11.7. The van der Waals surface area contributed by atoms with Gasteiger partial charge in [-0.2, -0.15) is 18.4 Å². The lowest BCUT2D eigenvalue weighted by molar-refractivity contribution is -0.153. The number of nitrogens with zero attached hydrogens (tertiary/aromatic N) is 3. The number of nitriles is 1. The van der Waals surface area contributed by atoms with Crippen molar-refractivity contribution in [2.24, 2.45) is 5.92 Å². The van der Waals surface area contributed by atoms with Crippen molar-refractivity contribution in [1.29, 1.82) is 5.26 Å². The molecule has 1 aromatic heterocycles. The van der Waals surface area contributed by atoms with Gasteiger partial charge in [-0.05, 0) is 51.0 Å². The van der Waals surface area contributed by atoms with Gasteiger partial charge >= 0.3 is 6.18 Å². The van der Waals surface area contributed by atoms with Gasteiger partial charge in [0.2, 0.25) is 5.91 Å². The van der Waals surface area contributed by atoms with Crippen LogP contribution in [0.4, 0.5) is 13.2 Å². The minimum atomic E-state index is -4.35. The minimum absolute atomic E-state index is 0.0361. The second-order valence-electron chi connectivity index (χ2n) is 8.01. The van der Waals surface area contributed by atoms with Crippen LogP contribution >= 0.6 is 11.3 Å². The fourth-order valence-corrected chi connectivity index (χ4v) is 4.96. The van der Waals surface area contributed by atoms with Gasteiger partial charge in [-0.25, -0.2) is 4.98 Å². The lowest BCUT2D eigenvalue weighted by Gasteiger charge is -2.32. The smallest absolute Gasteiger partial charge is 0.422 e. The number of halogens is 3. The predicted octanol–water partition coefficient (Wildman–Crippen LogP) is 3.81. The molecule has 6 nitrogen and oxygen atoms in total. The molecule has 10 heteroatoms. The summed E-state index contributed by atoms with van der Waals surface area (Å²) >= 11 is 1.22. The Morgan fingerprint density at radius 2 is 2.10 bits per heavy atom. The van der Waals surface area contributed by atoms with E-state index in [1.807, 2.05) is 6.07 Å². The lowest BCUT2D eigenvalue weighted by atomic mass is 9.84. The van der Waals surface area contributed by atoms with E-state index in [2.05, 4.69) is 15.2 Å². The molecule has 0 atom stereocenters. The zero-order valence-corrected chi connectivity index (χ0v) is 17.7. The monoisotopic (exact) mass is 444 g/mol. The SMILES string of the molecule is N#CCCC(=O)N[C@H]1CC[C@H](CCN2CCc3sc(OCC(F)(F)F)nc3C2)CC1. The average Bonchev–Trinajstić information content (AvgIpc) is 3.12. The molecule has 0 radical (unpaired) electrons. The summed E-state index contributed by atoms with van der Waals surface area (Å²) in [6, 6.07) is 2.21. The first-order chi connectivity index (χ1) is 14.3. The molecule has 30 heavy (non-hydrogen) atoms. The van der Waals surface area contributed by atoms with Gasteiger partial charge in [0, 0.05) is 36.9 Å². The Morgan fingerprint density at radius 3 is 2.80 bits per heavy atom. The van der Waals surface area contributed by atoms with Crippen molar-refractivity contribution in [2.75, 3.05) is 19.7 Å². The molecule has 0 unspecified atom stereocenters. The molecule has 1 saturated carbocycles. The Bertz CT molecular complexity index is 754. The number of nitrogens with one attached hydrogen (secondary N) is 1. The van der Waals surface area contributed by atoms with Gasteiger partial charge in [0.1, 0.15) is 0 Å². The van der Waals surface area contributed by atoms with Crippen LogP contribution in [0, 0.1) is 17.2 Å². The van der Waals surface area contributed by atoms with E-state index < -0.39 is 12.8 Å². The number of carbonyl (C=O) groups excluding carboxylic acids is 1. The topological polar surface area (TPSA) is 78.2 Å². The van der Waals surface area contributed by atoms with E-state index in [1.165, 1.54) is 11.3 Å². The first-order valence-electron chi connectivity index (χ1n) is 10.4. The molecule has 1 aliphatic carbocycles. The van der Waals surface area contributed by atoms with Crippen LogP contribution in [0.1, 0.15) is 55.5 Å². The van der Waals surface area contributed by atoms with Gasteiger partial charge in [0.05, 0.1) is 11.8 Å². The standard InChI is InChI=1S/C20H27F3N4O2S/c21-20(22,23)13-29-19-26-16-12-27(11-8-17(16)30-19)10-7-14-3-5-15(6-4-14)25-18(28)2-1-9-24/h14-15H,1-8,10-13H2,(H,25,28)/t14-,15-. The molecule has 3 rings (SSSR count). The van der Waals surface area contributed by atoms with Crippen LogP contribution in [-0.2, 0) is 17.8 Å². The largest absolute Gasteiger partial charge is 0.460 e. The Balaban J connectivity index is 1.36. The van der Waals surface area contributed by atoms with E-state index in [-0.39, 0.29) is 30.0 Å². The number of hydrogen-bond acceptors (Lipinski definition) is 6. The summed E-state index contributed by atoms with van der Waals surface area (Å²) in [6.07, 6.45) is 2.15. The van der Waals surface area contributed by atoms with Crippen molar-refractivity contribution in [1.82, 2.24) is 15.2 Å². The van der Waals surface area contributed by atoms with Gasteiger partial charge in [0.25, 0.3) is 5.19 Å². The maximum Gasteiger partial charge on any atom is 0.422 e. The van der Waals surface area contributed by atoms with Crippen LogP contribution < -0.4 is 10.1 Å². The summed E-state index contributed by atoms with van der Waals surface area (Å²) in [5.74, 6) is 0.589. The van der Waals surface area contributed by atoms with E-state index in [1.54, 1.807) is 0 Å². The van der Waals surface area contributed by atoms with Gasteiger partial charge in [-0.3, -0.25) is 9.69 Å². The molecule has 1 amide bonds. The van der Waals surface area contributed by atoms with Crippen molar-refractivity contribution in [3.05, 3.63) is 10.6 Å². The highest BCUT2D eigenvalue weighted by molar-refractivity contribution is 7.13. The predicted molar refractivity (Wildman–Crippen MR) is 106 cm³/mol. The van der Waals surface area contributed by atoms with Gasteiger partial charge in [-0.1, -0.05) is 11.3 Å². The molecule has 1 N–H and O–H groups in total. The van der Waals surface area contributed by atoms with Crippen molar-refractivity contribution in [3.8, 4) is 11.3 Å². The normalized spacial score (nSPS) is 22.2. The van der Waals surface area contributed by atoms with Gasteiger partial charge < -0.3 is 10.1 Å². The third-order valence-corrected chi connectivity index (χ3v) is 6.75. The van der Waals surface area contributed by atoms with E-state index in [0.717, 1.165) is 62.2 Å². The summed E-state index contributed by atoms with van der Waals surface area (Å²) < 4.78 is 41.7. The molecular weight excluding hydrogens is 417 g/mol. The summed E-state index contributed by atoms with van der Waals surface area (Å²) in [6.45, 7) is 1.19. The van der Waals surface area contributed by atoms with E-state index >= 15 is 0 Å². The molecule has 1 fully saturated rings. The van der Waals surface area contributed by atoms with Gasteiger partial charge in [-0.15, -0.1) is 0 Å². The number of carbonyl (C=O) groups is 1. The van der Waals surface area contributed by atoms with Crippen molar-refractivity contribution >= 4 is 17.2 Å². The van der Waals surface area contributed by atoms with Crippen molar-refractivity contribution < 1.29 is 22.7 Å². The average molecular weight is 445 g/mol. The fraction of sp³-hybridized carbons (Fsp3) is 0.750. The first-order valence-corrected chi connectivity index (χ1v) is 11.2. The molecular formula is C20H27F3N4O2S. The number of ether oxygens (including phenoxy) is 1. The molecule has 1 aliphatic heterocycles. The Hall–Kier alpha value is -1.86. The van der Waals surface area contributed by atoms with E-state index in [0.29, 0.717) is 12.5 Å². The van der Waals surface area contributed by atoms with Crippen molar-refractivity contribution in [2.45, 2.75) is 70.1 Å². The van der Waals surface area contributed by atoms with Crippen LogP contribution in [0.2, 0.25) is 0 Å². The van der Waals surface area contributed by atoms with Crippen LogP contribution in [0.15, 0.2) is 0 Å². The Kier molecular flexibility index (Phi) is 7.94. The summed E-state index contributed by atoms with van der Waals surface area (Å²) in [5.41, 5.74) is 0.840. The number of aromatic nitrogens is 1. The quantitative estimate of drug-likeness (QED) is 0.660. The molecule has 0 bridgehead atoms. The highest BCUT2D eigenvalue weighted by atomic mass is 32.1. The van der Waals surface area contributed by atoms with Gasteiger partial charge in [0.15, 0.2) is 6.61 Å². The molecule has 166 valence electrons. The lowest BCUT2D eigenvalue weighted by Crippen LogP contribution is -2.38. The summed E-state index contributed by atoms with van der Waals surface area (Å²) in [7, 11) is 0. The van der Waals surface area contributed by atoms with Crippen LogP contribution in [0.25, 0.3) is 0 Å². The van der Waals surface area contributed by atoms with Crippen LogP contribution in [0.5, 0.6) is 5.19 Å². The maximum atomic E-state index is 12.3. The number of rotatable bonds is 8. The van der Waals surface area contributed by atoms with E-state index in [4.69, 9.17) is 10.00 Å². The number of hydrogen-bond donors (Lipinski definition) is 1. The Morgan fingerprint density at radius 1 is 1.33 bits per heavy atom. The molecule has 2 aliphatic rings.